The summed E-state index contributed by atoms with van der Waals surface area (Å²) >= 11 is 12.7. The fraction of sp³-hybridized carbons (Fsp3) is 0.531. The minimum Gasteiger partial charge on any atom is -0.305 e. The highest BCUT2D eigenvalue weighted by Crippen LogP contribution is 2.50. The smallest absolute Gasteiger partial charge is 0.275 e. The van der Waals surface area contributed by atoms with Crippen molar-refractivity contribution in [2.24, 2.45) is 21.7 Å². The van der Waals surface area contributed by atoms with Gasteiger partial charge in [-0.1, -0.05) is 89.0 Å². The average Bonchev–Trinajstić information content (AvgIpc) is 3.10. The number of hydrogen-bond acceptors (Lipinski definition) is 3. The van der Waals surface area contributed by atoms with Gasteiger partial charge in [0.15, 0.2) is 0 Å². The van der Waals surface area contributed by atoms with E-state index in [0.717, 1.165) is 50.4 Å². The molecule has 38 heavy (non-hydrogen) atoms. The molecule has 204 valence electrons. The molecule has 1 heterocycles. The van der Waals surface area contributed by atoms with Gasteiger partial charge in [-0.15, -0.1) is 0 Å². The quantitative estimate of drug-likeness (QED) is 0.334. The standard InChI is InChI=1S/C32H40Cl2N2O2/c1-30(2,3)14-13-27(22-9-7-21(20-37)8-10-22)36-29(38)28(23-17-25(33)19-26(34)18-23)35-32(36)15-11-24(12-16-32)31(4,5)6/h7-10,17-20,24,27H,11-16H2,1-6H3. The number of amides is 1. The van der Waals surface area contributed by atoms with E-state index in [9.17, 15) is 9.59 Å². The van der Waals surface area contributed by atoms with E-state index in [2.05, 4.69) is 46.4 Å². The van der Waals surface area contributed by atoms with Crippen LogP contribution in [0.4, 0.5) is 0 Å². The van der Waals surface area contributed by atoms with Crippen LogP contribution in [0.15, 0.2) is 47.5 Å². The van der Waals surface area contributed by atoms with Crippen LogP contribution in [0.2, 0.25) is 10.0 Å². The molecule has 1 atom stereocenters. The van der Waals surface area contributed by atoms with Crippen molar-refractivity contribution in [1.29, 1.82) is 0 Å². The highest BCUT2D eigenvalue weighted by atomic mass is 35.5. The second-order valence-electron chi connectivity index (χ2n) is 13.3. The molecular formula is C32H40Cl2N2O2. The average molecular weight is 556 g/mol. The Kier molecular flexibility index (Phi) is 8.17. The predicted octanol–water partition coefficient (Wildman–Crippen LogP) is 8.94. The number of aliphatic imine (C=N–C) groups is 1. The third kappa shape index (κ3) is 6.18. The van der Waals surface area contributed by atoms with Crippen molar-refractivity contribution in [3.05, 3.63) is 69.2 Å². The number of carbonyl (C=O) groups excluding carboxylic acids is 2. The van der Waals surface area contributed by atoms with Gasteiger partial charge in [0.05, 0.1) is 6.04 Å². The fourth-order valence-corrected chi connectivity index (χ4v) is 6.56. The van der Waals surface area contributed by atoms with Crippen molar-refractivity contribution in [2.45, 2.75) is 91.8 Å². The third-order valence-corrected chi connectivity index (χ3v) is 8.71. The number of carbonyl (C=O) groups is 2. The van der Waals surface area contributed by atoms with Crippen LogP contribution in [0, 0.1) is 16.7 Å². The summed E-state index contributed by atoms with van der Waals surface area (Å²) in [7, 11) is 0. The van der Waals surface area contributed by atoms with Crippen molar-refractivity contribution < 1.29 is 9.59 Å². The monoisotopic (exact) mass is 554 g/mol. The molecular weight excluding hydrogens is 515 g/mol. The molecule has 2 aromatic carbocycles. The normalized spacial score (nSPS) is 23.1. The molecule has 0 saturated heterocycles. The lowest BCUT2D eigenvalue weighted by molar-refractivity contribution is -0.134. The van der Waals surface area contributed by atoms with Crippen LogP contribution in [0.5, 0.6) is 0 Å². The SMILES string of the molecule is CC(C)(C)CCC(c1ccc(C=O)cc1)N1C(=O)C(c2cc(Cl)cc(Cl)c2)=NC12CCC(C(C)(C)C)CC2. The van der Waals surface area contributed by atoms with Crippen LogP contribution in [0.25, 0.3) is 0 Å². The van der Waals surface area contributed by atoms with Crippen molar-refractivity contribution in [2.75, 3.05) is 0 Å². The van der Waals surface area contributed by atoms with Crippen LogP contribution >= 0.6 is 23.2 Å². The molecule has 4 rings (SSSR count). The summed E-state index contributed by atoms with van der Waals surface area (Å²) in [6.45, 7) is 13.6. The Balaban J connectivity index is 1.81. The van der Waals surface area contributed by atoms with Crippen LogP contribution in [0.1, 0.15) is 108 Å². The van der Waals surface area contributed by atoms with Gasteiger partial charge in [-0.05, 0) is 79.0 Å². The van der Waals surface area contributed by atoms with Crippen LogP contribution in [-0.4, -0.2) is 28.5 Å². The van der Waals surface area contributed by atoms with Gasteiger partial charge in [-0.3, -0.25) is 14.6 Å². The van der Waals surface area contributed by atoms with Crippen molar-refractivity contribution >= 4 is 41.1 Å². The van der Waals surface area contributed by atoms with Gasteiger partial charge in [0.2, 0.25) is 0 Å². The molecule has 2 aliphatic rings. The van der Waals surface area contributed by atoms with E-state index in [1.807, 2.05) is 24.3 Å². The first-order valence-electron chi connectivity index (χ1n) is 13.7. The zero-order valence-electron chi connectivity index (χ0n) is 23.5. The molecule has 4 nitrogen and oxygen atoms in total. The Bertz CT molecular complexity index is 1190. The summed E-state index contributed by atoms with van der Waals surface area (Å²) in [4.78, 5) is 33.1. The largest absolute Gasteiger partial charge is 0.305 e. The maximum atomic E-state index is 14.4. The van der Waals surface area contributed by atoms with Gasteiger partial charge in [-0.2, -0.15) is 0 Å². The van der Waals surface area contributed by atoms with E-state index in [0.29, 0.717) is 32.8 Å². The maximum Gasteiger partial charge on any atom is 0.275 e. The van der Waals surface area contributed by atoms with Gasteiger partial charge >= 0.3 is 0 Å². The molecule has 1 unspecified atom stereocenters. The fourth-order valence-electron chi connectivity index (χ4n) is 6.03. The molecule has 1 amide bonds. The Morgan fingerprint density at radius 2 is 1.58 bits per heavy atom. The molecule has 6 heteroatoms. The highest BCUT2D eigenvalue weighted by molar-refractivity contribution is 6.47. The van der Waals surface area contributed by atoms with E-state index in [1.165, 1.54) is 0 Å². The van der Waals surface area contributed by atoms with Crippen LogP contribution in [0.3, 0.4) is 0 Å². The van der Waals surface area contributed by atoms with Gasteiger partial charge in [0.1, 0.15) is 17.7 Å². The second kappa shape index (κ2) is 10.8. The first kappa shape index (κ1) is 28.8. The summed E-state index contributed by atoms with van der Waals surface area (Å²) in [6, 6.07) is 12.7. The molecule has 0 N–H and O–H groups in total. The van der Waals surface area contributed by atoms with Gasteiger partial charge in [0, 0.05) is 21.2 Å². The number of rotatable bonds is 6. The Labute approximate surface area is 237 Å². The Morgan fingerprint density at radius 3 is 2.08 bits per heavy atom. The first-order valence-corrected chi connectivity index (χ1v) is 14.4. The number of nitrogens with zero attached hydrogens (tertiary/aromatic N) is 2. The Hall–Kier alpha value is -2.17. The summed E-state index contributed by atoms with van der Waals surface area (Å²) in [6.07, 6.45) is 6.25. The molecule has 1 fully saturated rings. The third-order valence-electron chi connectivity index (χ3n) is 8.27. The predicted molar refractivity (Wildman–Crippen MR) is 157 cm³/mol. The molecule has 2 aromatic rings. The first-order chi connectivity index (χ1) is 17.7. The topological polar surface area (TPSA) is 49.7 Å². The van der Waals surface area contributed by atoms with Crippen molar-refractivity contribution in [3.63, 3.8) is 0 Å². The number of aldehydes is 1. The molecule has 1 aliphatic heterocycles. The zero-order chi connectivity index (χ0) is 27.9. The molecule has 1 aliphatic carbocycles. The van der Waals surface area contributed by atoms with E-state index >= 15 is 0 Å². The summed E-state index contributed by atoms with van der Waals surface area (Å²) in [5.41, 5.74) is 2.46. The number of halogens is 2. The van der Waals surface area contributed by atoms with Crippen LogP contribution in [-0.2, 0) is 4.79 Å². The Morgan fingerprint density at radius 1 is 1.00 bits per heavy atom. The van der Waals surface area contributed by atoms with Gasteiger partial charge in [0.25, 0.3) is 5.91 Å². The zero-order valence-corrected chi connectivity index (χ0v) is 25.0. The van der Waals surface area contributed by atoms with Crippen molar-refractivity contribution in [1.82, 2.24) is 4.90 Å². The molecule has 1 spiro atoms. The molecule has 0 radical (unpaired) electrons. The molecule has 0 aromatic heterocycles. The maximum absolute atomic E-state index is 14.4. The molecule has 1 saturated carbocycles. The lowest BCUT2D eigenvalue weighted by Gasteiger charge is -2.47. The van der Waals surface area contributed by atoms with Crippen LogP contribution < -0.4 is 0 Å². The van der Waals surface area contributed by atoms with E-state index in [-0.39, 0.29) is 22.8 Å². The summed E-state index contributed by atoms with van der Waals surface area (Å²) in [5, 5.41) is 0.973. The highest BCUT2D eigenvalue weighted by Gasteiger charge is 2.52. The molecule has 0 bridgehead atoms. The van der Waals surface area contributed by atoms with E-state index in [1.54, 1.807) is 18.2 Å². The summed E-state index contributed by atoms with van der Waals surface area (Å²) < 4.78 is 0. The van der Waals surface area contributed by atoms with E-state index in [4.69, 9.17) is 28.2 Å². The lowest BCUT2D eigenvalue weighted by atomic mass is 9.69. The minimum absolute atomic E-state index is 0.0732. The second-order valence-corrected chi connectivity index (χ2v) is 14.2. The number of hydrogen-bond donors (Lipinski definition) is 0. The minimum atomic E-state index is -0.616. The van der Waals surface area contributed by atoms with E-state index < -0.39 is 5.66 Å². The van der Waals surface area contributed by atoms with Gasteiger partial charge in [-0.25, -0.2) is 0 Å². The van der Waals surface area contributed by atoms with Crippen molar-refractivity contribution in [3.8, 4) is 0 Å². The lowest BCUT2D eigenvalue weighted by Crippen LogP contribution is -2.51. The summed E-state index contributed by atoms with van der Waals surface area (Å²) in [5.74, 6) is 0.501. The van der Waals surface area contributed by atoms with Gasteiger partial charge < -0.3 is 4.90 Å². The number of benzene rings is 2.